The molecular formula is C19H21N3O4. The van der Waals surface area contributed by atoms with Gasteiger partial charge in [-0.15, -0.1) is 0 Å². The molecular weight excluding hydrogens is 334 g/mol. The van der Waals surface area contributed by atoms with Crippen LogP contribution in [0.3, 0.4) is 0 Å². The van der Waals surface area contributed by atoms with Gasteiger partial charge in [-0.1, -0.05) is 30.3 Å². The summed E-state index contributed by atoms with van der Waals surface area (Å²) >= 11 is 0. The molecule has 7 nitrogen and oxygen atoms in total. The van der Waals surface area contributed by atoms with Crippen LogP contribution < -0.4 is 10.6 Å². The summed E-state index contributed by atoms with van der Waals surface area (Å²) in [5, 5.41) is 5.44. The van der Waals surface area contributed by atoms with Crippen LogP contribution in [-0.4, -0.2) is 35.3 Å². The first-order chi connectivity index (χ1) is 12.6. The Morgan fingerprint density at radius 1 is 1.15 bits per heavy atom. The van der Waals surface area contributed by atoms with E-state index in [4.69, 9.17) is 4.42 Å². The van der Waals surface area contributed by atoms with Gasteiger partial charge in [0.15, 0.2) is 0 Å². The Labute approximate surface area is 151 Å². The van der Waals surface area contributed by atoms with Gasteiger partial charge in [0, 0.05) is 19.4 Å². The number of nitrogens with zero attached hydrogens (tertiary/aromatic N) is 1. The summed E-state index contributed by atoms with van der Waals surface area (Å²) in [5.74, 6) is 0.363. The fourth-order valence-electron chi connectivity index (χ4n) is 2.83. The highest BCUT2D eigenvalue weighted by Gasteiger charge is 2.37. The highest BCUT2D eigenvalue weighted by molar-refractivity contribution is 6.04. The molecule has 0 aliphatic carbocycles. The van der Waals surface area contributed by atoms with Gasteiger partial charge in [-0.3, -0.25) is 14.5 Å². The predicted molar refractivity (Wildman–Crippen MR) is 94.0 cm³/mol. The molecule has 2 aromatic rings. The molecule has 0 radical (unpaired) electrons. The summed E-state index contributed by atoms with van der Waals surface area (Å²) < 4.78 is 5.19. The average molecular weight is 355 g/mol. The highest BCUT2D eigenvalue weighted by Crippen LogP contribution is 2.15. The molecule has 1 aromatic heterocycles. The number of carbonyl (C=O) groups excluding carboxylic acids is 3. The first-order valence-corrected chi connectivity index (χ1v) is 8.58. The third-order valence-electron chi connectivity index (χ3n) is 4.22. The monoisotopic (exact) mass is 355 g/mol. The topological polar surface area (TPSA) is 91.7 Å². The van der Waals surface area contributed by atoms with Crippen molar-refractivity contribution >= 4 is 17.8 Å². The fourth-order valence-corrected chi connectivity index (χ4v) is 2.83. The Morgan fingerprint density at radius 3 is 2.69 bits per heavy atom. The van der Waals surface area contributed by atoms with E-state index in [1.165, 1.54) is 4.90 Å². The molecule has 4 amide bonds. The van der Waals surface area contributed by atoms with Crippen molar-refractivity contribution in [2.45, 2.75) is 31.8 Å². The van der Waals surface area contributed by atoms with Crippen molar-refractivity contribution in [2.75, 3.05) is 6.54 Å². The minimum atomic E-state index is -0.651. The van der Waals surface area contributed by atoms with Crippen LogP contribution in [0.4, 0.5) is 4.79 Å². The van der Waals surface area contributed by atoms with E-state index in [9.17, 15) is 14.4 Å². The van der Waals surface area contributed by atoms with E-state index >= 15 is 0 Å². The number of hydrogen-bond donors (Lipinski definition) is 2. The molecule has 1 aromatic carbocycles. The van der Waals surface area contributed by atoms with E-state index in [1.54, 1.807) is 12.3 Å². The lowest BCUT2D eigenvalue weighted by Crippen LogP contribution is -2.33. The summed E-state index contributed by atoms with van der Waals surface area (Å²) in [7, 11) is 0. The number of urea groups is 1. The minimum absolute atomic E-state index is 0.153. The van der Waals surface area contributed by atoms with Crippen molar-refractivity contribution in [2.24, 2.45) is 0 Å². The predicted octanol–water partition coefficient (Wildman–Crippen LogP) is 1.84. The Bertz CT molecular complexity index is 758. The molecule has 0 unspecified atom stereocenters. The highest BCUT2D eigenvalue weighted by atomic mass is 16.3. The zero-order valence-electron chi connectivity index (χ0n) is 14.3. The molecule has 1 aliphatic rings. The zero-order chi connectivity index (χ0) is 18.4. The smallest absolute Gasteiger partial charge is 0.325 e. The number of imide groups is 1. The van der Waals surface area contributed by atoms with E-state index in [-0.39, 0.29) is 31.2 Å². The third-order valence-corrected chi connectivity index (χ3v) is 4.22. The van der Waals surface area contributed by atoms with Crippen molar-refractivity contribution < 1.29 is 18.8 Å². The molecule has 1 saturated heterocycles. The number of carbonyl (C=O) groups is 3. The molecule has 2 heterocycles. The van der Waals surface area contributed by atoms with Gasteiger partial charge in [-0.2, -0.15) is 0 Å². The van der Waals surface area contributed by atoms with Crippen molar-refractivity contribution in [1.82, 2.24) is 15.5 Å². The summed E-state index contributed by atoms with van der Waals surface area (Å²) in [6.07, 6.45) is 2.66. The first kappa shape index (κ1) is 17.7. The van der Waals surface area contributed by atoms with Crippen LogP contribution in [0.15, 0.2) is 53.1 Å². The van der Waals surface area contributed by atoms with Crippen molar-refractivity contribution in [1.29, 1.82) is 0 Å². The largest absolute Gasteiger partial charge is 0.469 e. The molecule has 3 rings (SSSR count). The van der Waals surface area contributed by atoms with Crippen molar-refractivity contribution in [3.63, 3.8) is 0 Å². The standard InChI is InChI=1S/C19H21N3O4/c23-17(20-11-10-15-7-4-12-26-15)9-8-16-18(24)22(19(25)21-16)13-14-5-2-1-3-6-14/h1-7,12,16H,8-11,13H2,(H,20,23)(H,21,25)/t16-/m0/s1. The Balaban J connectivity index is 1.42. The van der Waals surface area contributed by atoms with Crippen molar-refractivity contribution in [3.8, 4) is 0 Å². The Hall–Kier alpha value is -3.09. The second-order valence-corrected chi connectivity index (χ2v) is 6.13. The molecule has 0 spiro atoms. The lowest BCUT2D eigenvalue weighted by atomic mass is 10.1. The van der Waals surface area contributed by atoms with Gasteiger partial charge < -0.3 is 15.1 Å². The zero-order valence-corrected chi connectivity index (χ0v) is 14.3. The van der Waals surface area contributed by atoms with Gasteiger partial charge in [0.25, 0.3) is 5.91 Å². The number of furan rings is 1. The van der Waals surface area contributed by atoms with Gasteiger partial charge in [0.2, 0.25) is 5.91 Å². The third kappa shape index (κ3) is 4.50. The second-order valence-electron chi connectivity index (χ2n) is 6.13. The number of hydrogen-bond acceptors (Lipinski definition) is 4. The Morgan fingerprint density at radius 2 is 1.96 bits per heavy atom. The fraction of sp³-hybridized carbons (Fsp3) is 0.316. The minimum Gasteiger partial charge on any atom is -0.469 e. The second kappa shape index (κ2) is 8.33. The van der Waals surface area contributed by atoms with Gasteiger partial charge >= 0.3 is 6.03 Å². The van der Waals surface area contributed by atoms with E-state index in [1.807, 2.05) is 36.4 Å². The molecule has 7 heteroatoms. The quantitative estimate of drug-likeness (QED) is 0.707. The first-order valence-electron chi connectivity index (χ1n) is 8.58. The van der Waals surface area contributed by atoms with E-state index in [0.717, 1.165) is 11.3 Å². The SMILES string of the molecule is O=C(CC[C@@H]1NC(=O)N(Cc2ccccc2)C1=O)NCCc1ccco1. The van der Waals surface area contributed by atoms with Crippen LogP contribution in [-0.2, 0) is 22.6 Å². The van der Waals surface area contributed by atoms with Gasteiger partial charge in [0.05, 0.1) is 12.8 Å². The van der Waals surface area contributed by atoms with Crippen LogP contribution in [0.25, 0.3) is 0 Å². The molecule has 1 aliphatic heterocycles. The van der Waals surface area contributed by atoms with Gasteiger partial charge in [0.1, 0.15) is 11.8 Å². The Kier molecular flexibility index (Phi) is 5.68. The maximum absolute atomic E-state index is 12.4. The molecule has 0 saturated carbocycles. The van der Waals surface area contributed by atoms with Crippen LogP contribution in [0.1, 0.15) is 24.2 Å². The maximum Gasteiger partial charge on any atom is 0.325 e. The van der Waals surface area contributed by atoms with Crippen LogP contribution >= 0.6 is 0 Å². The van der Waals surface area contributed by atoms with E-state index in [2.05, 4.69) is 10.6 Å². The van der Waals surface area contributed by atoms with Gasteiger partial charge in [-0.25, -0.2) is 4.79 Å². The van der Waals surface area contributed by atoms with Gasteiger partial charge in [-0.05, 0) is 24.1 Å². The molecule has 26 heavy (non-hydrogen) atoms. The number of amides is 4. The summed E-state index contributed by atoms with van der Waals surface area (Å²) in [4.78, 5) is 37.5. The number of nitrogens with one attached hydrogen (secondary N) is 2. The maximum atomic E-state index is 12.4. The number of benzene rings is 1. The lowest BCUT2D eigenvalue weighted by Gasteiger charge is -2.13. The molecule has 2 N–H and O–H groups in total. The molecule has 136 valence electrons. The normalized spacial score (nSPS) is 16.6. The molecule has 0 bridgehead atoms. The summed E-state index contributed by atoms with van der Waals surface area (Å²) in [6, 6.07) is 11.9. The van der Waals surface area contributed by atoms with E-state index in [0.29, 0.717) is 13.0 Å². The molecule has 1 fully saturated rings. The van der Waals surface area contributed by atoms with Crippen LogP contribution in [0.5, 0.6) is 0 Å². The van der Waals surface area contributed by atoms with Crippen LogP contribution in [0.2, 0.25) is 0 Å². The van der Waals surface area contributed by atoms with Crippen molar-refractivity contribution in [3.05, 3.63) is 60.1 Å². The van der Waals surface area contributed by atoms with E-state index < -0.39 is 12.1 Å². The summed E-state index contributed by atoms with van der Waals surface area (Å²) in [5.41, 5.74) is 0.882. The van der Waals surface area contributed by atoms with Crippen LogP contribution in [0, 0.1) is 0 Å². The number of rotatable bonds is 8. The lowest BCUT2D eigenvalue weighted by molar-refractivity contribution is -0.128. The average Bonchev–Trinajstić information content (AvgIpc) is 3.25. The molecule has 1 atom stereocenters. The summed E-state index contributed by atoms with van der Waals surface area (Å²) in [6.45, 7) is 0.703.